The van der Waals surface area contributed by atoms with Crippen molar-refractivity contribution in [3.63, 3.8) is 0 Å². The number of hydrogen-bond donors (Lipinski definition) is 2. The van der Waals surface area contributed by atoms with E-state index in [0.717, 1.165) is 38.0 Å². The van der Waals surface area contributed by atoms with Crippen LogP contribution in [0.25, 0.3) is 0 Å². The van der Waals surface area contributed by atoms with Gasteiger partial charge in [-0.05, 0) is 55.8 Å². The van der Waals surface area contributed by atoms with Crippen LogP contribution in [0.3, 0.4) is 0 Å². The van der Waals surface area contributed by atoms with Gasteiger partial charge in [-0.15, -0.1) is 12.4 Å². The van der Waals surface area contributed by atoms with Gasteiger partial charge >= 0.3 is 0 Å². The van der Waals surface area contributed by atoms with E-state index >= 15 is 0 Å². The van der Waals surface area contributed by atoms with Crippen molar-refractivity contribution in [2.24, 2.45) is 5.41 Å². The molecule has 0 aromatic heterocycles. The molecule has 4 nitrogen and oxygen atoms in total. The normalized spacial score (nSPS) is 21.8. The first-order chi connectivity index (χ1) is 11.6. The Balaban J connectivity index is 0.00000225. The maximum atomic E-state index is 13.2. The number of nitrogens with one attached hydrogen (secondary N) is 2. The molecule has 2 fully saturated rings. The molecule has 0 bridgehead atoms. The van der Waals surface area contributed by atoms with Gasteiger partial charge in [0.25, 0.3) is 0 Å². The highest BCUT2D eigenvalue weighted by Gasteiger charge is 2.43. The van der Waals surface area contributed by atoms with E-state index in [1.807, 2.05) is 24.3 Å². The average molecular weight is 387 g/mol. The second-order valence-electron chi connectivity index (χ2n) is 7.42. The second-order valence-corrected chi connectivity index (χ2v) is 7.82. The molecule has 2 aliphatic heterocycles. The Kier molecular flexibility index (Phi) is 7.15. The largest absolute Gasteiger partial charge is 0.381 e. The Morgan fingerprint density at radius 3 is 2.48 bits per heavy atom. The van der Waals surface area contributed by atoms with Gasteiger partial charge in [0.15, 0.2) is 0 Å². The quantitative estimate of drug-likeness (QED) is 0.834. The summed E-state index contributed by atoms with van der Waals surface area (Å²) in [5, 5.41) is 7.30. The maximum absolute atomic E-state index is 13.2. The molecule has 0 spiro atoms. The third kappa shape index (κ3) is 4.48. The molecule has 0 aliphatic carbocycles. The van der Waals surface area contributed by atoms with Crippen molar-refractivity contribution < 1.29 is 9.53 Å². The Bertz CT molecular complexity index is 583. The van der Waals surface area contributed by atoms with Crippen molar-refractivity contribution in [3.05, 3.63) is 34.9 Å². The SMILES string of the molecule is CC1(CNC(=O)C2(c3ccccc3Cl)CCOCC2)CCNCC1.Cl. The molecule has 140 valence electrons. The van der Waals surface area contributed by atoms with E-state index in [0.29, 0.717) is 31.1 Å². The van der Waals surface area contributed by atoms with Crippen molar-refractivity contribution in [3.8, 4) is 0 Å². The lowest BCUT2D eigenvalue weighted by molar-refractivity contribution is -0.131. The minimum atomic E-state index is -0.570. The van der Waals surface area contributed by atoms with E-state index in [4.69, 9.17) is 16.3 Å². The highest BCUT2D eigenvalue weighted by Crippen LogP contribution is 2.39. The molecule has 2 saturated heterocycles. The summed E-state index contributed by atoms with van der Waals surface area (Å²) in [6, 6.07) is 7.72. The zero-order chi connectivity index (χ0) is 17.0. The topological polar surface area (TPSA) is 50.4 Å². The number of hydrogen-bond acceptors (Lipinski definition) is 3. The number of carbonyl (C=O) groups excluding carboxylic acids is 1. The van der Waals surface area contributed by atoms with Crippen LogP contribution in [0.15, 0.2) is 24.3 Å². The first kappa shape index (κ1) is 20.5. The summed E-state index contributed by atoms with van der Waals surface area (Å²) in [6.45, 7) is 6.23. The predicted octanol–water partition coefficient (Wildman–Crippen LogP) is 3.32. The molecule has 1 aromatic rings. The molecule has 2 aliphatic rings. The fourth-order valence-corrected chi connectivity index (χ4v) is 4.17. The van der Waals surface area contributed by atoms with Gasteiger partial charge in [-0.1, -0.05) is 36.7 Å². The minimum Gasteiger partial charge on any atom is -0.381 e. The summed E-state index contributed by atoms with van der Waals surface area (Å²) < 4.78 is 5.52. The van der Waals surface area contributed by atoms with Crippen LogP contribution in [0.1, 0.15) is 38.2 Å². The van der Waals surface area contributed by atoms with Crippen LogP contribution in [0.4, 0.5) is 0 Å². The number of rotatable bonds is 4. The minimum absolute atomic E-state index is 0. The Morgan fingerprint density at radius 2 is 1.84 bits per heavy atom. The Hall–Kier alpha value is -0.810. The molecule has 2 N–H and O–H groups in total. The molecule has 0 unspecified atom stereocenters. The van der Waals surface area contributed by atoms with Gasteiger partial charge in [0.2, 0.25) is 5.91 Å². The lowest BCUT2D eigenvalue weighted by Gasteiger charge is -2.39. The first-order valence-electron chi connectivity index (χ1n) is 8.88. The number of benzene rings is 1. The molecule has 3 rings (SSSR count). The summed E-state index contributed by atoms with van der Waals surface area (Å²) in [4.78, 5) is 13.2. The zero-order valence-corrected chi connectivity index (χ0v) is 16.3. The van der Waals surface area contributed by atoms with Gasteiger partial charge in [-0.3, -0.25) is 4.79 Å². The predicted molar refractivity (Wildman–Crippen MR) is 104 cm³/mol. The average Bonchev–Trinajstić information content (AvgIpc) is 2.61. The van der Waals surface area contributed by atoms with E-state index < -0.39 is 5.41 Å². The molecule has 1 amide bonds. The fraction of sp³-hybridized carbons (Fsp3) is 0.632. The highest BCUT2D eigenvalue weighted by atomic mass is 35.5. The molecule has 6 heteroatoms. The fourth-order valence-electron chi connectivity index (χ4n) is 3.86. The smallest absolute Gasteiger partial charge is 0.230 e. The Morgan fingerprint density at radius 1 is 1.20 bits per heavy atom. The van der Waals surface area contributed by atoms with Crippen molar-refractivity contribution in [2.45, 2.75) is 38.0 Å². The number of amides is 1. The molecule has 0 saturated carbocycles. The van der Waals surface area contributed by atoms with Gasteiger partial charge in [-0.25, -0.2) is 0 Å². The summed E-state index contributed by atoms with van der Waals surface area (Å²) in [5.41, 5.74) is 0.538. The van der Waals surface area contributed by atoms with Crippen LogP contribution < -0.4 is 10.6 Å². The van der Waals surface area contributed by atoms with Crippen molar-refractivity contribution >= 4 is 29.9 Å². The van der Waals surface area contributed by atoms with Crippen LogP contribution in [0.2, 0.25) is 5.02 Å². The molecule has 0 radical (unpaired) electrons. The third-order valence-corrected chi connectivity index (χ3v) is 5.99. The summed E-state index contributed by atoms with van der Waals surface area (Å²) in [5.74, 6) is 0.0960. The van der Waals surface area contributed by atoms with E-state index in [1.165, 1.54) is 0 Å². The van der Waals surface area contributed by atoms with E-state index in [2.05, 4.69) is 17.6 Å². The molecule has 0 atom stereocenters. The standard InChI is InChI=1S/C19H27ClN2O2.ClH/c1-18(6-10-21-11-7-18)14-22-17(23)19(8-12-24-13-9-19)15-4-2-3-5-16(15)20;/h2-5,21H,6-14H2,1H3,(H,22,23);1H. The van der Waals surface area contributed by atoms with Crippen molar-refractivity contribution in [1.82, 2.24) is 10.6 Å². The van der Waals surface area contributed by atoms with E-state index in [1.54, 1.807) is 0 Å². The van der Waals surface area contributed by atoms with Crippen LogP contribution in [-0.4, -0.2) is 38.8 Å². The number of halogens is 2. The monoisotopic (exact) mass is 386 g/mol. The zero-order valence-electron chi connectivity index (χ0n) is 14.8. The van der Waals surface area contributed by atoms with E-state index in [9.17, 15) is 4.79 Å². The number of ether oxygens (including phenoxy) is 1. The van der Waals surface area contributed by atoms with Crippen molar-refractivity contribution in [2.75, 3.05) is 32.8 Å². The lowest BCUT2D eigenvalue weighted by Crippen LogP contribution is -2.51. The molecule has 2 heterocycles. The van der Waals surface area contributed by atoms with Crippen molar-refractivity contribution in [1.29, 1.82) is 0 Å². The number of carbonyl (C=O) groups is 1. The second kappa shape index (κ2) is 8.72. The van der Waals surface area contributed by atoms with Crippen LogP contribution in [0.5, 0.6) is 0 Å². The van der Waals surface area contributed by atoms with E-state index in [-0.39, 0.29) is 23.7 Å². The van der Waals surface area contributed by atoms with Crippen LogP contribution in [0, 0.1) is 5.41 Å². The maximum Gasteiger partial charge on any atom is 0.230 e. The lowest BCUT2D eigenvalue weighted by atomic mass is 9.72. The Labute approximate surface area is 161 Å². The van der Waals surface area contributed by atoms with Gasteiger partial charge in [0, 0.05) is 24.8 Å². The number of piperidine rings is 1. The molecular formula is C19H28Cl2N2O2. The van der Waals surface area contributed by atoms with Gasteiger partial charge < -0.3 is 15.4 Å². The van der Waals surface area contributed by atoms with Gasteiger partial charge in [-0.2, -0.15) is 0 Å². The summed E-state index contributed by atoms with van der Waals surface area (Å²) in [7, 11) is 0. The first-order valence-corrected chi connectivity index (χ1v) is 9.25. The third-order valence-electron chi connectivity index (χ3n) is 5.66. The molecule has 25 heavy (non-hydrogen) atoms. The molecule has 1 aromatic carbocycles. The van der Waals surface area contributed by atoms with Gasteiger partial charge in [0.05, 0.1) is 5.41 Å². The van der Waals surface area contributed by atoms with Crippen LogP contribution >= 0.6 is 24.0 Å². The van der Waals surface area contributed by atoms with Crippen LogP contribution in [-0.2, 0) is 14.9 Å². The van der Waals surface area contributed by atoms with Gasteiger partial charge in [0.1, 0.15) is 0 Å². The molecular weight excluding hydrogens is 359 g/mol. The summed E-state index contributed by atoms with van der Waals surface area (Å²) >= 11 is 6.44. The summed E-state index contributed by atoms with van der Waals surface area (Å²) in [6.07, 6.45) is 3.55. The highest BCUT2D eigenvalue weighted by molar-refractivity contribution is 6.31.